The lowest BCUT2D eigenvalue weighted by Crippen LogP contribution is -2.43. The molecule has 1 heterocycles. The molecule has 0 aromatic rings. The highest BCUT2D eigenvalue weighted by atomic mass is 15.1. The van der Waals surface area contributed by atoms with Gasteiger partial charge in [0.15, 0.2) is 0 Å². The lowest BCUT2D eigenvalue weighted by Gasteiger charge is -2.40. The molecule has 2 heteroatoms. The van der Waals surface area contributed by atoms with Crippen LogP contribution in [0.4, 0.5) is 0 Å². The van der Waals surface area contributed by atoms with Crippen LogP contribution in [0.15, 0.2) is 0 Å². The van der Waals surface area contributed by atoms with Gasteiger partial charge in [-0.2, -0.15) is 0 Å². The number of hydrogen-bond donors (Lipinski definition) is 1. The molecule has 0 aromatic carbocycles. The molecule has 0 spiro atoms. The van der Waals surface area contributed by atoms with Gasteiger partial charge in [-0.1, -0.05) is 20.3 Å². The normalized spacial score (nSPS) is 21.4. The summed E-state index contributed by atoms with van der Waals surface area (Å²) >= 11 is 0. The highest BCUT2D eigenvalue weighted by molar-refractivity contribution is 4.86. The van der Waals surface area contributed by atoms with Crippen molar-refractivity contribution < 1.29 is 0 Å². The van der Waals surface area contributed by atoms with Gasteiger partial charge in [0.05, 0.1) is 0 Å². The first-order chi connectivity index (χ1) is 6.72. The second kappa shape index (κ2) is 5.72. The second-order valence-electron chi connectivity index (χ2n) is 4.83. The Morgan fingerprint density at radius 3 is 2.36 bits per heavy atom. The van der Waals surface area contributed by atoms with Gasteiger partial charge in [-0.05, 0) is 51.4 Å². The minimum Gasteiger partial charge on any atom is -0.317 e. The first-order valence-corrected chi connectivity index (χ1v) is 6.12. The largest absolute Gasteiger partial charge is 0.317 e. The molecule has 2 nitrogen and oxygen atoms in total. The van der Waals surface area contributed by atoms with E-state index in [1.807, 2.05) is 0 Å². The average Bonchev–Trinajstić information content (AvgIpc) is 2.19. The van der Waals surface area contributed by atoms with E-state index in [9.17, 15) is 0 Å². The molecular formula is C12H26N2. The van der Waals surface area contributed by atoms with Gasteiger partial charge in [-0.15, -0.1) is 0 Å². The fraction of sp³-hybridized carbons (Fsp3) is 1.00. The van der Waals surface area contributed by atoms with Crippen molar-refractivity contribution in [2.75, 3.05) is 33.2 Å². The van der Waals surface area contributed by atoms with Crippen LogP contribution < -0.4 is 5.32 Å². The Bertz CT molecular complexity index is 145. The Morgan fingerprint density at radius 1 is 1.21 bits per heavy atom. The Labute approximate surface area is 89.1 Å². The Morgan fingerprint density at radius 2 is 1.86 bits per heavy atom. The number of piperidine rings is 1. The third-order valence-electron chi connectivity index (χ3n) is 3.59. The molecule has 0 unspecified atom stereocenters. The Balaban J connectivity index is 2.50. The van der Waals surface area contributed by atoms with E-state index < -0.39 is 0 Å². The van der Waals surface area contributed by atoms with Crippen molar-refractivity contribution >= 4 is 0 Å². The van der Waals surface area contributed by atoms with Crippen LogP contribution in [0, 0.1) is 5.41 Å². The molecule has 1 fully saturated rings. The van der Waals surface area contributed by atoms with Crippen molar-refractivity contribution in [1.82, 2.24) is 10.2 Å². The fourth-order valence-corrected chi connectivity index (χ4v) is 2.66. The summed E-state index contributed by atoms with van der Waals surface area (Å²) in [6, 6.07) is 0. The standard InChI is InChI=1S/C12H26N2/c1-4-6-12(11-14(3)5-2)7-9-13-10-8-12/h13H,4-11H2,1-3H3. The van der Waals surface area contributed by atoms with Gasteiger partial charge in [0.2, 0.25) is 0 Å². The molecular weight excluding hydrogens is 172 g/mol. The Kier molecular flexibility index (Phi) is 4.90. The minimum atomic E-state index is 0.616. The predicted octanol–water partition coefficient (Wildman–Crippen LogP) is 2.11. The van der Waals surface area contributed by atoms with E-state index in [1.165, 1.54) is 51.9 Å². The summed E-state index contributed by atoms with van der Waals surface area (Å²) in [5, 5.41) is 3.47. The molecule has 1 N–H and O–H groups in total. The number of rotatable bonds is 5. The van der Waals surface area contributed by atoms with E-state index >= 15 is 0 Å². The highest BCUT2D eigenvalue weighted by Crippen LogP contribution is 2.34. The molecule has 14 heavy (non-hydrogen) atoms. The summed E-state index contributed by atoms with van der Waals surface area (Å²) in [5.41, 5.74) is 0.616. The molecule has 1 rings (SSSR count). The van der Waals surface area contributed by atoms with Crippen molar-refractivity contribution in [3.8, 4) is 0 Å². The lowest BCUT2D eigenvalue weighted by molar-refractivity contribution is 0.119. The van der Waals surface area contributed by atoms with Crippen LogP contribution in [0.1, 0.15) is 39.5 Å². The molecule has 1 aliphatic rings. The van der Waals surface area contributed by atoms with E-state index in [0.29, 0.717) is 5.41 Å². The zero-order valence-corrected chi connectivity index (χ0v) is 10.1. The van der Waals surface area contributed by atoms with E-state index in [4.69, 9.17) is 0 Å². The molecule has 0 aliphatic carbocycles. The van der Waals surface area contributed by atoms with Gasteiger partial charge in [-0.3, -0.25) is 0 Å². The molecule has 0 amide bonds. The van der Waals surface area contributed by atoms with Crippen LogP contribution >= 0.6 is 0 Å². The van der Waals surface area contributed by atoms with Gasteiger partial charge in [-0.25, -0.2) is 0 Å². The summed E-state index contributed by atoms with van der Waals surface area (Å²) in [6.45, 7) is 9.48. The molecule has 1 saturated heterocycles. The van der Waals surface area contributed by atoms with Crippen molar-refractivity contribution in [1.29, 1.82) is 0 Å². The third-order valence-corrected chi connectivity index (χ3v) is 3.59. The Hall–Kier alpha value is -0.0800. The summed E-state index contributed by atoms with van der Waals surface area (Å²) in [4.78, 5) is 2.47. The van der Waals surface area contributed by atoms with Gasteiger partial charge >= 0.3 is 0 Å². The predicted molar refractivity (Wildman–Crippen MR) is 62.6 cm³/mol. The maximum Gasteiger partial charge on any atom is 0.00358 e. The van der Waals surface area contributed by atoms with Crippen molar-refractivity contribution in [2.45, 2.75) is 39.5 Å². The van der Waals surface area contributed by atoms with Crippen molar-refractivity contribution in [2.24, 2.45) is 5.41 Å². The van der Waals surface area contributed by atoms with Gasteiger partial charge < -0.3 is 10.2 Å². The highest BCUT2D eigenvalue weighted by Gasteiger charge is 2.31. The molecule has 0 bridgehead atoms. The summed E-state index contributed by atoms with van der Waals surface area (Å²) in [5.74, 6) is 0. The lowest BCUT2D eigenvalue weighted by atomic mass is 9.75. The van der Waals surface area contributed by atoms with E-state index in [1.54, 1.807) is 0 Å². The van der Waals surface area contributed by atoms with Gasteiger partial charge in [0, 0.05) is 6.54 Å². The quantitative estimate of drug-likeness (QED) is 0.728. The minimum absolute atomic E-state index is 0.616. The summed E-state index contributed by atoms with van der Waals surface area (Å²) < 4.78 is 0. The molecule has 0 atom stereocenters. The second-order valence-corrected chi connectivity index (χ2v) is 4.83. The SMILES string of the molecule is CCCC1(CN(C)CC)CCNCC1. The maximum atomic E-state index is 3.47. The van der Waals surface area contributed by atoms with Crippen LogP contribution in [0.3, 0.4) is 0 Å². The average molecular weight is 198 g/mol. The smallest absolute Gasteiger partial charge is 0.00358 e. The van der Waals surface area contributed by atoms with Crippen LogP contribution in [-0.2, 0) is 0 Å². The fourth-order valence-electron chi connectivity index (χ4n) is 2.66. The molecule has 0 saturated carbocycles. The molecule has 1 aliphatic heterocycles. The van der Waals surface area contributed by atoms with Crippen LogP contribution in [0.5, 0.6) is 0 Å². The summed E-state index contributed by atoms with van der Waals surface area (Å²) in [7, 11) is 2.25. The first-order valence-electron chi connectivity index (χ1n) is 6.12. The van der Waals surface area contributed by atoms with E-state index in [-0.39, 0.29) is 0 Å². The molecule has 84 valence electrons. The number of hydrogen-bond acceptors (Lipinski definition) is 2. The number of nitrogens with one attached hydrogen (secondary N) is 1. The molecule has 0 aromatic heterocycles. The van der Waals surface area contributed by atoms with Crippen molar-refractivity contribution in [3.05, 3.63) is 0 Å². The van der Waals surface area contributed by atoms with E-state index in [0.717, 1.165) is 0 Å². The van der Waals surface area contributed by atoms with Crippen molar-refractivity contribution in [3.63, 3.8) is 0 Å². The van der Waals surface area contributed by atoms with Crippen LogP contribution in [0.25, 0.3) is 0 Å². The monoisotopic (exact) mass is 198 g/mol. The number of nitrogens with zero attached hydrogens (tertiary/aromatic N) is 1. The van der Waals surface area contributed by atoms with Crippen LogP contribution in [0.2, 0.25) is 0 Å². The third kappa shape index (κ3) is 3.25. The zero-order valence-electron chi connectivity index (χ0n) is 10.1. The first kappa shape index (κ1) is 12.0. The summed E-state index contributed by atoms with van der Waals surface area (Å²) in [6.07, 6.45) is 5.47. The van der Waals surface area contributed by atoms with Crippen LogP contribution in [-0.4, -0.2) is 38.1 Å². The maximum absolute atomic E-state index is 3.47. The topological polar surface area (TPSA) is 15.3 Å². The van der Waals surface area contributed by atoms with E-state index in [2.05, 4.69) is 31.1 Å². The van der Waals surface area contributed by atoms with Gasteiger partial charge in [0.1, 0.15) is 0 Å². The zero-order chi connectivity index (χ0) is 10.4. The van der Waals surface area contributed by atoms with Gasteiger partial charge in [0.25, 0.3) is 0 Å². The molecule has 0 radical (unpaired) electrons.